The van der Waals surface area contributed by atoms with Crippen LogP contribution in [0.4, 0.5) is 5.69 Å². The van der Waals surface area contributed by atoms with Gasteiger partial charge in [0.25, 0.3) is 11.9 Å². The molecule has 0 bridgehead atoms. The van der Waals surface area contributed by atoms with Crippen LogP contribution < -0.4 is 4.90 Å². The fraction of sp³-hybridized carbons (Fsp3) is 0.600. The fourth-order valence-electron chi connectivity index (χ4n) is 3.18. The van der Waals surface area contributed by atoms with E-state index in [-0.39, 0.29) is 31.2 Å². The molecule has 0 unspecified atom stereocenters. The van der Waals surface area contributed by atoms with Crippen LogP contribution in [0, 0.1) is 0 Å². The number of aliphatic carboxylic acids is 1. The Hall–Kier alpha value is -2.98. The standard InChI is InChI=1S/C21H30N2O6.C2H4O2.C2H6/c1-16(14-29-17(2)25)28-11-10-23(15-24)19-7-5-6-18(12-19)21(27)22-9-4-3-8-20(26)13-22;1-2(3)4;1-2/h5-7,12,15-16,20,26H,3-4,8-11,13-14H2,1-2H3;1H3,(H,3,4);1-2H3/t16-,20+;;/m0../s1. The van der Waals surface area contributed by atoms with E-state index in [1.807, 2.05) is 13.8 Å². The van der Waals surface area contributed by atoms with Crippen molar-refractivity contribution < 1.29 is 38.9 Å². The maximum atomic E-state index is 12.8. The lowest BCUT2D eigenvalue weighted by Gasteiger charge is -2.23. The van der Waals surface area contributed by atoms with E-state index in [4.69, 9.17) is 19.4 Å². The van der Waals surface area contributed by atoms with E-state index in [0.29, 0.717) is 43.7 Å². The molecule has 1 fully saturated rings. The summed E-state index contributed by atoms with van der Waals surface area (Å²) in [6.45, 7) is 9.86. The number of nitrogens with zero attached hydrogens (tertiary/aromatic N) is 2. The van der Waals surface area contributed by atoms with Crippen molar-refractivity contribution in [2.75, 3.05) is 37.7 Å². The smallest absolute Gasteiger partial charge is 0.302 e. The Balaban J connectivity index is 0.00000174. The number of hydrogen-bond acceptors (Lipinski definition) is 7. The quantitative estimate of drug-likeness (QED) is 0.394. The van der Waals surface area contributed by atoms with E-state index in [9.17, 15) is 19.5 Å². The molecule has 2 atom stereocenters. The van der Waals surface area contributed by atoms with E-state index in [0.717, 1.165) is 19.8 Å². The SMILES string of the molecule is CC.CC(=O)O.CC(=O)OC[C@H](C)OCCN(C=O)c1cccc(C(=O)N2CCCC[C@@H](O)C2)c1. The Morgan fingerprint density at radius 2 is 1.89 bits per heavy atom. The monoisotopic (exact) mass is 496 g/mol. The van der Waals surface area contributed by atoms with Gasteiger partial charge in [-0.2, -0.15) is 0 Å². The number of β-amino-alcohol motifs (C(OH)–C–C–N with tert-alkyl or cyclic N) is 1. The molecule has 0 saturated carbocycles. The topological polar surface area (TPSA) is 134 Å². The molecule has 2 amide bonds. The number of anilines is 1. The zero-order valence-corrected chi connectivity index (χ0v) is 21.4. The molecule has 1 aliphatic heterocycles. The van der Waals surface area contributed by atoms with Crippen molar-refractivity contribution in [1.29, 1.82) is 0 Å². The summed E-state index contributed by atoms with van der Waals surface area (Å²) in [4.78, 5) is 47.3. The zero-order chi connectivity index (χ0) is 26.8. The number of esters is 1. The van der Waals surface area contributed by atoms with Gasteiger partial charge in [-0.15, -0.1) is 0 Å². The Labute approximate surface area is 207 Å². The second kappa shape index (κ2) is 18.4. The van der Waals surface area contributed by atoms with Crippen molar-refractivity contribution >= 4 is 29.9 Å². The maximum Gasteiger partial charge on any atom is 0.302 e. The molecule has 0 radical (unpaired) electrons. The van der Waals surface area contributed by atoms with Gasteiger partial charge in [-0.25, -0.2) is 0 Å². The number of rotatable bonds is 9. The van der Waals surface area contributed by atoms with Crippen LogP contribution in [-0.2, 0) is 23.9 Å². The number of carbonyl (C=O) groups excluding carboxylic acids is 3. The number of ether oxygens (including phenoxy) is 2. The number of aliphatic hydroxyl groups excluding tert-OH is 1. The van der Waals surface area contributed by atoms with Gasteiger partial charge in [0.2, 0.25) is 6.41 Å². The highest BCUT2D eigenvalue weighted by atomic mass is 16.6. The highest BCUT2D eigenvalue weighted by molar-refractivity contribution is 5.95. The highest BCUT2D eigenvalue weighted by Gasteiger charge is 2.22. The third kappa shape index (κ3) is 14.1. The van der Waals surface area contributed by atoms with Crippen molar-refractivity contribution in [2.45, 2.75) is 66.1 Å². The third-order valence-corrected chi connectivity index (χ3v) is 4.74. The first kappa shape index (κ1) is 32.0. The molecule has 1 heterocycles. The molecule has 10 heteroatoms. The van der Waals surface area contributed by atoms with Gasteiger partial charge in [-0.3, -0.25) is 19.2 Å². The van der Waals surface area contributed by atoms with Crippen LogP contribution >= 0.6 is 0 Å². The number of benzene rings is 1. The van der Waals surface area contributed by atoms with Gasteiger partial charge >= 0.3 is 5.97 Å². The van der Waals surface area contributed by atoms with Crippen LogP contribution in [0.25, 0.3) is 0 Å². The molecule has 0 aromatic heterocycles. The van der Waals surface area contributed by atoms with E-state index in [2.05, 4.69) is 0 Å². The number of amides is 2. The molecule has 0 spiro atoms. The van der Waals surface area contributed by atoms with Gasteiger partial charge < -0.3 is 29.5 Å². The van der Waals surface area contributed by atoms with E-state index < -0.39 is 12.1 Å². The first-order valence-electron chi connectivity index (χ1n) is 11.9. The lowest BCUT2D eigenvalue weighted by atomic mass is 10.1. The lowest BCUT2D eigenvalue weighted by molar-refractivity contribution is -0.144. The summed E-state index contributed by atoms with van der Waals surface area (Å²) in [6, 6.07) is 6.88. The lowest BCUT2D eigenvalue weighted by Crippen LogP contribution is -2.36. The minimum atomic E-state index is -0.833. The molecule has 1 aromatic carbocycles. The summed E-state index contributed by atoms with van der Waals surface area (Å²) < 4.78 is 10.4. The van der Waals surface area contributed by atoms with Gasteiger partial charge in [-0.05, 0) is 44.4 Å². The van der Waals surface area contributed by atoms with Crippen LogP contribution in [0.2, 0.25) is 0 Å². The first-order chi connectivity index (χ1) is 16.6. The highest BCUT2D eigenvalue weighted by Crippen LogP contribution is 2.19. The molecule has 0 aliphatic carbocycles. The van der Waals surface area contributed by atoms with Crippen LogP contribution in [0.5, 0.6) is 0 Å². The summed E-state index contributed by atoms with van der Waals surface area (Å²) in [7, 11) is 0. The van der Waals surface area contributed by atoms with Crippen LogP contribution in [0.3, 0.4) is 0 Å². The molecule has 35 heavy (non-hydrogen) atoms. The van der Waals surface area contributed by atoms with Gasteiger partial charge in [0, 0.05) is 44.7 Å². The number of likely N-dealkylation sites (tertiary alicyclic amines) is 1. The van der Waals surface area contributed by atoms with Gasteiger partial charge in [0.15, 0.2) is 0 Å². The minimum absolute atomic E-state index is 0.148. The van der Waals surface area contributed by atoms with Gasteiger partial charge in [0.05, 0.1) is 18.8 Å². The zero-order valence-electron chi connectivity index (χ0n) is 21.4. The molecule has 1 aliphatic rings. The van der Waals surface area contributed by atoms with E-state index in [1.165, 1.54) is 11.8 Å². The van der Waals surface area contributed by atoms with Crippen molar-refractivity contribution in [3.05, 3.63) is 29.8 Å². The number of carboxylic acids is 1. The van der Waals surface area contributed by atoms with Crippen molar-refractivity contribution in [3.8, 4) is 0 Å². The minimum Gasteiger partial charge on any atom is -0.481 e. The van der Waals surface area contributed by atoms with Gasteiger partial charge in [0.1, 0.15) is 6.61 Å². The third-order valence-electron chi connectivity index (χ3n) is 4.74. The Morgan fingerprint density at radius 1 is 1.23 bits per heavy atom. The second-order valence-electron chi connectivity index (χ2n) is 7.75. The van der Waals surface area contributed by atoms with Crippen LogP contribution in [0.1, 0.15) is 64.2 Å². The summed E-state index contributed by atoms with van der Waals surface area (Å²) in [5.41, 5.74) is 1.07. The molecule has 1 aromatic rings. The molecule has 2 rings (SSSR count). The average Bonchev–Trinajstić information content (AvgIpc) is 3.05. The average molecular weight is 497 g/mol. The maximum absolute atomic E-state index is 12.8. The largest absolute Gasteiger partial charge is 0.481 e. The van der Waals surface area contributed by atoms with Crippen molar-refractivity contribution in [2.24, 2.45) is 0 Å². The number of aliphatic hydroxyl groups is 1. The second-order valence-corrected chi connectivity index (χ2v) is 7.75. The molecular weight excluding hydrogens is 456 g/mol. The molecule has 1 saturated heterocycles. The van der Waals surface area contributed by atoms with Crippen molar-refractivity contribution in [3.63, 3.8) is 0 Å². The number of hydrogen-bond donors (Lipinski definition) is 2. The van der Waals surface area contributed by atoms with E-state index >= 15 is 0 Å². The van der Waals surface area contributed by atoms with Crippen molar-refractivity contribution in [1.82, 2.24) is 4.90 Å². The van der Waals surface area contributed by atoms with Gasteiger partial charge in [-0.1, -0.05) is 19.9 Å². The Kier molecular flexibility index (Phi) is 16.8. The summed E-state index contributed by atoms with van der Waals surface area (Å²) in [6.07, 6.45) is 2.39. The predicted octanol–water partition coefficient (Wildman–Crippen LogP) is 2.72. The Morgan fingerprint density at radius 3 is 2.49 bits per heavy atom. The fourth-order valence-corrected chi connectivity index (χ4v) is 3.18. The van der Waals surface area contributed by atoms with Crippen LogP contribution in [-0.4, -0.2) is 84.4 Å². The Bertz CT molecular complexity index is 782. The molecule has 2 N–H and O–H groups in total. The normalized spacial score (nSPS) is 15.7. The summed E-state index contributed by atoms with van der Waals surface area (Å²) >= 11 is 0. The van der Waals surface area contributed by atoms with E-state index in [1.54, 1.807) is 36.1 Å². The van der Waals surface area contributed by atoms with Crippen LogP contribution in [0.15, 0.2) is 24.3 Å². The number of carboxylic acid groups (broad SMARTS) is 1. The summed E-state index contributed by atoms with van der Waals surface area (Å²) in [5.74, 6) is -1.35. The first-order valence-corrected chi connectivity index (χ1v) is 11.9. The predicted molar refractivity (Wildman–Crippen MR) is 132 cm³/mol. The molecule has 10 nitrogen and oxygen atoms in total. The molecular formula is C25H40N2O8. The summed E-state index contributed by atoms with van der Waals surface area (Å²) in [5, 5.41) is 17.4. The number of carbonyl (C=O) groups is 4. The molecule has 198 valence electrons.